The van der Waals surface area contributed by atoms with Crippen molar-refractivity contribution in [2.75, 3.05) is 19.0 Å². The zero-order valence-corrected chi connectivity index (χ0v) is 12.3. The summed E-state index contributed by atoms with van der Waals surface area (Å²) in [5.41, 5.74) is 0.957. The predicted octanol–water partition coefficient (Wildman–Crippen LogP) is 1.45. The van der Waals surface area contributed by atoms with Gasteiger partial charge in [0.1, 0.15) is 18.2 Å². The molecule has 0 saturated carbocycles. The Morgan fingerprint density at radius 2 is 2.33 bits per heavy atom. The number of hydrogen-bond donors (Lipinski definition) is 2. The Hall–Kier alpha value is -2.43. The number of hydrogen-bond acceptors (Lipinski definition) is 6. The molecular weight excluding hydrogens is 290 g/mol. The lowest BCUT2D eigenvalue weighted by molar-refractivity contribution is 0.102. The van der Waals surface area contributed by atoms with Crippen LogP contribution >= 0.6 is 11.5 Å². The normalized spacial score (nSPS) is 9.67. The number of rotatable bonds is 3. The van der Waals surface area contributed by atoms with Crippen LogP contribution in [0, 0.1) is 18.8 Å². The molecule has 108 valence electrons. The molecule has 0 radical (unpaired) electrons. The van der Waals surface area contributed by atoms with Gasteiger partial charge in [-0.25, -0.2) is 4.98 Å². The third kappa shape index (κ3) is 3.78. The van der Waals surface area contributed by atoms with Gasteiger partial charge in [-0.05, 0) is 25.1 Å². The second-order valence-corrected chi connectivity index (χ2v) is 4.73. The summed E-state index contributed by atoms with van der Waals surface area (Å²) >= 11 is 1.12. The number of aliphatic hydroxyl groups excluding tert-OH is 1. The van der Waals surface area contributed by atoms with Gasteiger partial charge in [-0.3, -0.25) is 10.1 Å². The number of carbonyl (C=O) groups is 1. The van der Waals surface area contributed by atoms with E-state index >= 15 is 0 Å². The first-order chi connectivity index (χ1) is 10.1. The Morgan fingerprint density at radius 1 is 1.52 bits per heavy atom. The Balaban J connectivity index is 2.24. The largest absolute Gasteiger partial charge is 0.495 e. The average Bonchev–Trinajstić information content (AvgIpc) is 2.89. The van der Waals surface area contributed by atoms with Gasteiger partial charge >= 0.3 is 0 Å². The molecule has 0 spiro atoms. The molecule has 0 atom stereocenters. The summed E-state index contributed by atoms with van der Waals surface area (Å²) in [6.07, 6.45) is 0. The van der Waals surface area contributed by atoms with Gasteiger partial charge in [0.15, 0.2) is 0 Å². The molecule has 0 aliphatic rings. The number of carbonyl (C=O) groups excluding carboxylic acids is 1. The summed E-state index contributed by atoms with van der Waals surface area (Å²) in [4.78, 5) is 16.2. The van der Waals surface area contributed by atoms with Crippen LogP contribution in [-0.4, -0.2) is 34.1 Å². The van der Waals surface area contributed by atoms with E-state index in [2.05, 4.69) is 26.5 Å². The van der Waals surface area contributed by atoms with E-state index < -0.39 is 0 Å². The van der Waals surface area contributed by atoms with Crippen molar-refractivity contribution >= 4 is 22.6 Å². The van der Waals surface area contributed by atoms with Gasteiger partial charge in [0, 0.05) is 17.1 Å². The zero-order chi connectivity index (χ0) is 15.2. The van der Waals surface area contributed by atoms with Crippen LogP contribution in [0.25, 0.3) is 0 Å². The quantitative estimate of drug-likeness (QED) is 0.838. The minimum atomic E-state index is -0.305. The Morgan fingerprint density at radius 3 is 2.95 bits per heavy atom. The van der Waals surface area contributed by atoms with E-state index in [1.54, 1.807) is 25.1 Å². The molecule has 2 aromatic rings. The summed E-state index contributed by atoms with van der Waals surface area (Å²) in [7, 11) is 1.52. The topological polar surface area (TPSA) is 84.3 Å². The lowest BCUT2D eigenvalue weighted by atomic mass is 10.1. The molecule has 2 N–H and O–H groups in total. The third-order valence-electron chi connectivity index (χ3n) is 2.51. The molecule has 0 aliphatic carbocycles. The van der Waals surface area contributed by atoms with Gasteiger partial charge < -0.3 is 9.84 Å². The summed E-state index contributed by atoms with van der Waals surface area (Å²) in [5.74, 6) is 6.13. The lowest BCUT2D eigenvalue weighted by Gasteiger charge is -2.06. The van der Waals surface area contributed by atoms with E-state index in [1.807, 2.05) is 0 Å². The third-order valence-corrected chi connectivity index (χ3v) is 3.23. The van der Waals surface area contributed by atoms with Crippen LogP contribution in [0.4, 0.5) is 5.13 Å². The number of aliphatic hydroxyl groups is 1. The van der Waals surface area contributed by atoms with Crippen molar-refractivity contribution in [2.45, 2.75) is 6.92 Å². The Labute approximate surface area is 126 Å². The van der Waals surface area contributed by atoms with E-state index in [-0.39, 0.29) is 12.5 Å². The van der Waals surface area contributed by atoms with Gasteiger partial charge in [0.05, 0.1) is 12.7 Å². The van der Waals surface area contributed by atoms with Crippen molar-refractivity contribution in [2.24, 2.45) is 0 Å². The molecule has 2 rings (SSSR count). The highest BCUT2D eigenvalue weighted by atomic mass is 32.1. The molecule has 0 bridgehead atoms. The highest BCUT2D eigenvalue weighted by Gasteiger charge is 2.11. The fourth-order valence-corrected chi connectivity index (χ4v) is 2.17. The number of nitrogens with one attached hydrogen (secondary N) is 1. The zero-order valence-electron chi connectivity index (χ0n) is 11.5. The van der Waals surface area contributed by atoms with E-state index in [0.717, 1.165) is 11.5 Å². The molecular formula is C14H13N3O3S. The Bertz CT molecular complexity index is 716. The molecule has 1 aromatic carbocycles. The number of aromatic nitrogens is 2. The molecule has 1 heterocycles. The number of methoxy groups -OCH3 is 1. The van der Waals surface area contributed by atoms with Crippen LogP contribution in [0.2, 0.25) is 0 Å². The Kier molecular flexibility index (Phi) is 4.87. The van der Waals surface area contributed by atoms with Crippen molar-refractivity contribution in [3.05, 3.63) is 35.2 Å². The standard InChI is InChI=1S/C14H13N3O3S/c1-9-15-14(21-17-9)16-13(19)11-5-6-12(20-2)10(8-11)4-3-7-18/h5-6,8,18H,7H2,1-2H3,(H,15,16,17,19). The summed E-state index contributed by atoms with van der Waals surface area (Å²) in [6, 6.07) is 4.89. The highest BCUT2D eigenvalue weighted by Crippen LogP contribution is 2.20. The van der Waals surface area contributed by atoms with Gasteiger partial charge in [-0.1, -0.05) is 11.8 Å². The van der Waals surface area contributed by atoms with Crippen molar-refractivity contribution in [3.8, 4) is 17.6 Å². The number of aryl methyl sites for hydroxylation is 1. The van der Waals surface area contributed by atoms with E-state index in [1.165, 1.54) is 7.11 Å². The van der Waals surface area contributed by atoms with Crippen LogP contribution < -0.4 is 10.1 Å². The molecule has 6 nitrogen and oxygen atoms in total. The first-order valence-electron chi connectivity index (χ1n) is 6.03. The number of ether oxygens (including phenoxy) is 1. The lowest BCUT2D eigenvalue weighted by Crippen LogP contribution is -2.12. The maximum Gasteiger partial charge on any atom is 0.257 e. The second kappa shape index (κ2) is 6.83. The molecule has 1 aromatic heterocycles. The number of amides is 1. The number of nitrogens with zero attached hydrogens (tertiary/aromatic N) is 2. The van der Waals surface area contributed by atoms with Crippen molar-refractivity contribution in [1.29, 1.82) is 0 Å². The van der Waals surface area contributed by atoms with Crippen LogP contribution in [0.5, 0.6) is 5.75 Å². The fourth-order valence-electron chi connectivity index (χ4n) is 1.60. The van der Waals surface area contributed by atoms with Gasteiger partial charge in [0.25, 0.3) is 5.91 Å². The SMILES string of the molecule is COc1ccc(C(=O)Nc2nc(C)ns2)cc1C#CCO. The van der Waals surface area contributed by atoms with E-state index in [4.69, 9.17) is 9.84 Å². The van der Waals surface area contributed by atoms with E-state index in [9.17, 15) is 4.79 Å². The van der Waals surface area contributed by atoms with Crippen molar-refractivity contribution < 1.29 is 14.6 Å². The van der Waals surface area contributed by atoms with E-state index in [0.29, 0.717) is 27.8 Å². The second-order valence-electron chi connectivity index (χ2n) is 3.98. The maximum atomic E-state index is 12.1. The molecule has 0 fully saturated rings. The number of anilines is 1. The first kappa shape index (κ1) is 15.0. The maximum absolute atomic E-state index is 12.1. The van der Waals surface area contributed by atoms with Crippen LogP contribution in [0.1, 0.15) is 21.7 Å². The van der Waals surface area contributed by atoms with Crippen LogP contribution in [0.15, 0.2) is 18.2 Å². The average molecular weight is 303 g/mol. The van der Waals surface area contributed by atoms with Crippen molar-refractivity contribution in [3.63, 3.8) is 0 Å². The van der Waals surface area contributed by atoms with Crippen LogP contribution in [-0.2, 0) is 0 Å². The predicted molar refractivity (Wildman–Crippen MR) is 79.6 cm³/mol. The minimum absolute atomic E-state index is 0.260. The molecule has 7 heteroatoms. The fraction of sp³-hybridized carbons (Fsp3) is 0.214. The highest BCUT2D eigenvalue weighted by molar-refractivity contribution is 7.09. The van der Waals surface area contributed by atoms with Gasteiger partial charge in [-0.2, -0.15) is 4.37 Å². The summed E-state index contributed by atoms with van der Waals surface area (Å²) < 4.78 is 9.16. The molecule has 0 saturated heterocycles. The molecule has 0 unspecified atom stereocenters. The smallest absolute Gasteiger partial charge is 0.257 e. The molecule has 0 aliphatic heterocycles. The number of benzene rings is 1. The summed E-state index contributed by atoms with van der Waals surface area (Å²) in [6.45, 7) is 1.49. The first-order valence-corrected chi connectivity index (χ1v) is 6.81. The minimum Gasteiger partial charge on any atom is -0.495 e. The molecule has 21 heavy (non-hydrogen) atoms. The monoisotopic (exact) mass is 303 g/mol. The van der Waals surface area contributed by atoms with Gasteiger partial charge in [-0.15, -0.1) is 0 Å². The van der Waals surface area contributed by atoms with Crippen molar-refractivity contribution in [1.82, 2.24) is 9.36 Å². The molecule has 1 amide bonds. The van der Waals surface area contributed by atoms with Crippen LogP contribution in [0.3, 0.4) is 0 Å². The van der Waals surface area contributed by atoms with Gasteiger partial charge in [0.2, 0.25) is 5.13 Å². The summed E-state index contributed by atoms with van der Waals surface area (Å²) in [5, 5.41) is 11.9.